The maximum absolute atomic E-state index is 11.0. The average molecular weight is 285 g/mol. The molecule has 0 saturated heterocycles. The SMILES string of the molecule is CCC(CSC)Nc1ccc([N+](=O)[O-])cc1[N+](=O)[O-]. The van der Waals surface area contributed by atoms with E-state index in [9.17, 15) is 20.2 Å². The molecule has 0 fully saturated rings. The number of nitro benzene ring substituents is 2. The van der Waals surface area contributed by atoms with Crippen LogP contribution in [0.25, 0.3) is 0 Å². The first kappa shape index (κ1) is 15.2. The lowest BCUT2D eigenvalue weighted by molar-refractivity contribution is -0.393. The van der Waals surface area contributed by atoms with Crippen LogP contribution in [0.15, 0.2) is 18.2 Å². The number of non-ortho nitro benzene ring substituents is 1. The minimum absolute atomic E-state index is 0.0927. The summed E-state index contributed by atoms with van der Waals surface area (Å²) in [6.07, 6.45) is 2.77. The molecule has 104 valence electrons. The maximum atomic E-state index is 11.0. The van der Waals surface area contributed by atoms with Crippen LogP contribution in [0.4, 0.5) is 17.1 Å². The number of nitrogens with zero attached hydrogens (tertiary/aromatic N) is 2. The number of thioether (sulfide) groups is 1. The summed E-state index contributed by atoms with van der Waals surface area (Å²) in [5.41, 5.74) is -0.236. The Bertz CT molecular complexity index is 481. The van der Waals surface area contributed by atoms with Gasteiger partial charge in [-0.05, 0) is 18.7 Å². The molecule has 0 amide bonds. The van der Waals surface area contributed by atoms with Gasteiger partial charge >= 0.3 is 0 Å². The van der Waals surface area contributed by atoms with Crippen molar-refractivity contribution in [2.75, 3.05) is 17.3 Å². The van der Waals surface area contributed by atoms with E-state index in [1.807, 2.05) is 13.2 Å². The van der Waals surface area contributed by atoms with Crippen molar-refractivity contribution in [3.8, 4) is 0 Å². The molecule has 0 bridgehead atoms. The first-order valence-electron chi connectivity index (χ1n) is 5.67. The van der Waals surface area contributed by atoms with Gasteiger partial charge < -0.3 is 5.32 Å². The van der Waals surface area contributed by atoms with Gasteiger partial charge in [0.2, 0.25) is 0 Å². The smallest absolute Gasteiger partial charge is 0.299 e. The fourth-order valence-corrected chi connectivity index (χ4v) is 2.31. The molecule has 19 heavy (non-hydrogen) atoms. The fourth-order valence-electron chi connectivity index (χ4n) is 1.59. The van der Waals surface area contributed by atoms with Crippen LogP contribution in [0.2, 0.25) is 0 Å². The van der Waals surface area contributed by atoms with Gasteiger partial charge in [0, 0.05) is 17.9 Å². The van der Waals surface area contributed by atoms with Gasteiger partial charge in [0.05, 0.1) is 15.9 Å². The highest BCUT2D eigenvalue weighted by molar-refractivity contribution is 7.98. The molecule has 1 aromatic carbocycles. The Kier molecular flexibility index (Phi) is 5.56. The van der Waals surface area contributed by atoms with E-state index in [4.69, 9.17) is 0 Å². The van der Waals surface area contributed by atoms with E-state index >= 15 is 0 Å². The Morgan fingerprint density at radius 2 is 2.00 bits per heavy atom. The number of nitro groups is 2. The summed E-state index contributed by atoms with van der Waals surface area (Å²) >= 11 is 1.64. The second-order valence-corrected chi connectivity index (χ2v) is 4.83. The summed E-state index contributed by atoms with van der Waals surface area (Å²) in [5, 5.41) is 24.6. The van der Waals surface area contributed by atoms with E-state index in [1.165, 1.54) is 12.1 Å². The highest BCUT2D eigenvalue weighted by Crippen LogP contribution is 2.29. The summed E-state index contributed by atoms with van der Waals surface area (Å²) in [6, 6.07) is 3.73. The highest BCUT2D eigenvalue weighted by atomic mass is 32.2. The normalized spacial score (nSPS) is 11.9. The number of benzene rings is 1. The number of hydrogen-bond acceptors (Lipinski definition) is 6. The van der Waals surface area contributed by atoms with Crippen LogP contribution in [-0.4, -0.2) is 27.9 Å². The summed E-state index contributed by atoms with van der Waals surface area (Å²) in [6.45, 7) is 1.98. The Morgan fingerprint density at radius 3 is 2.47 bits per heavy atom. The Hall–Kier alpha value is -1.83. The predicted octanol–water partition coefficient (Wildman–Crippen LogP) is 3.06. The second-order valence-electron chi connectivity index (χ2n) is 3.92. The van der Waals surface area contributed by atoms with E-state index in [2.05, 4.69) is 5.32 Å². The zero-order valence-corrected chi connectivity index (χ0v) is 11.5. The van der Waals surface area contributed by atoms with Gasteiger partial charge in [-0.2, -0.15) is 11.8 Å². The van der Waals surface area contributed by atoms with Crippen molar-refractivity contribution >= 4 is 28.8 Å². The third-order valence-corrected chi connectivity index (χ3v) is 3.34. The summed E-state index contributed by atoms with van der Waals surface area (Å²) < 4.78 is 0. The monoisotopic (exact) mass is 285 g/mol. The molecule has 0 radical (unpaired) electrons. The van der Waals surface area contributed by atoms with E-state index in [-0.39, 0.29) is 17.4 Å². The van der Waals surface area contributed by atoms with Crippen LogP contribution < -0.4 is 5.32 Å². The molecule has 0 aliphatic carbocycles. The molecule has 0 aliphatic rings. The molecular formula is C11H15N3O4S. The first-order valence-corrected chi connectivity index (χ1v) is 7.07. The summed E-state index contributed by atoms with van der Waals surface area (Å²) in [4.78, 5) is 20.3. The van der Waals surface area contributed by atoms with Crippen LogP contribution in [-0.2, 0) is 0 Å². The molecule has 1 unspecified atom stereocenters. The van der Waals surface area contributed by atoms with Gasteiger partial charge in [-0.25, -0.2) is 0 Å². The number of rotatable bonds is 7. The molecule has 0 spiro atoms. The van der Waals surface area contributed by atoms with Gasteiger partial charge in [-0.15, -0.1) is 0 Å². The van der Waals surface area contributed by atoms with Crippen LogP contribution in [0.1, 0.15) is 13.3 Å². The Morgan fingerprint density at radius 1 is 1.32 bits per heavy atom. The molecule has 1 rings (SSSR count). The Labute approximate surface area is 114 Å². The van der Waals surface area contributed by atoms with Crippen LogP contribution >= 0.6 is 11.8 Å². The molecule has 1 atom stereocenters. The minimum atomic E-state index is -0.643. The molecule has 8 heteroatoms. The molecule has 1 N–H and O–H groups in total. The van der Waals surface area contributed by atoms with Crippen molar-refractivity contribution in [1.29, 1.82) is 0 Å². The molecule has 0 aromatic heterocycles. The van der Waals surface area contributed by atoms with Crippen molar-refractivity contribution in [2.24, 2.45) is 0 Å². The van der Waals surface area contributed by atoms with Crippen molar-refractivity contribution in [3.63, 3.8) is 0 Å². The lowest BCUT2D eigenvalue weighted by Crippen LogP contribution is -2.21. The number of hydrogen-bond donors (Lipinski definition) is 1. The topological polar surface area (TPSA) is 98.3 Å². The predicted molar refractivity (Wildman–Crippen MR) is 75.8 cm³/mol. The quantitative estimate of drug-likeness (QED) is 0.610. The van der Waals surface area contributed by atoms with Crippen LogP contribution in [0.3, 0.4) is 0 Å². The minimum Gasteiger partial charge on any atom is -0.376 e. The molecule has 1 aromatic rings. The molecule has 0 aliphatic heterocycles. The van der Waals surface area contributed by atoms with Crippen molar-refractivity contribution < 1.29 is 9.85 Å². The van der Waals surface area contributed by atoms with Gasteiger partial charge in [-0.3, -0.25) is 20.2 Å². The largest absolute Gasteiger partial charge is 0.376 e. The average Bonchev–Trinajstić information content (AvgIpc) is 2.37. The van der Waals surface area contributed by atoms with Gasteiger partial charge in [-0.1, -0.05) is 6.92 Å². The highest BCUT2D eigenvalue weighted by Gasteiger charge is 2.20. The van der Waals surface area contributed by atoms with Gasteiger partial charge in [0.15, 0.2) is 0 Å². The lowest BCUT2D eigenvalue weighted by atomic mass is 10.2. The Balaban J connectivity index is 3.06. The number of anilines is 1. The summed E-state index contributed by atoms with van der Waals surface area (Å²) in [7, 11) is 0. The third kappa shape index (κ3) is 4.09. The molecular weight excluding hydrogens is 270 g/mol. The van der Waals surface area contributed by atoms with E-state index in [1.54, 1.807) is 11.8 Å². The van der Waals surface area contributed by atoms with Gasteiger partial charge in [0.25, 0.3) is 11.4 Å². The molecule has 7 nitrogen and oxygen atoms in total. The second kappa shape index (κ2) is 6.93. The fraction of sp³-hybridized carbons (Fsp3) is 0.455. The van der Waals surface area contributed by atoms with Crippen molar-refractivity contribution in [2.45, 2.75) is 19.4 Å². The van der Waals surface area contributed by atoms with Crippen molar-refractivity contribution in [3.05, 3.63) is 38.4 Å². The van der Waals surface area contributed by atoms with Crippen molar-refractivity contribution in [1.82, 2.24) is 0 Å². The van der Waals surface area contributed by atoms with E-state index in [0.29, 0.717) is 5.69 Å². The summed E-state index contributed by atoms with van der Waals surface area (Å²) in [5.74, 6) is 0.810. The van der Waals surface area contributed by atoms with Gasteiger partial charge in [0.1, 0.15) is 5.69 Å². The number of nitrogens with one attached hydrogen (secondary N) is 1. The molecule has 0 saturated carbocycles. The zero-order chi connectivity index (χ0) is 14.4. The maximum Gasteiger partial charge on any atom is 0.299 e. The first-order chi connectivity index (χ1) is 8.99. The molecule has 0 heterocycles. The van der Waals surface area contributed by atoms with E-state index < -0.39 is 9.85 Å². The van der Waals surface area contributed by atoms with Crippen LogP contribution in [0.5, 0.6) is 0 Å². The standard InChI is InChI=1S/C11H15N3O4S/c1-3-8(7-19-2)12-10-5-4-9(13(15)16)6-11(10)14(17)18/h4-6,8,12H,3,7H2,1-2H3. The zero-order valence-electron chi connectivity index (χ0n) is 10.7. The van der Waals surface area contributed by atoms with E-state index in [0.717, 1.165) is 18.2 Å². The van der Waals surface area contributed by atoms with Crippen LogP contribution in [0, 0.1) is 20.2 Å². The lowest BCUT2D eigenvalue weighted by Gasteiger charge is -2.16. The third-order valence-electron chi connectivity index (χ3n) is 2.61.